The van der Waals surface area contributed by atoms with Crippen molar-refractivity contribution in [2.75, 3.05) is 0 Å². The van der Waals surface area contributed by atoms with E-state index in [1.807, 2.05) is 20.8 Å². The quantitative estimate of drug-likeness (QED) is 0.470. The summed E-state index contributed by atoms with van der Waals surface area (Å²) in [5.74, 6) is 4.89. The highest BCUT2D eigenvalue weighted by atomic mass is 16.4. The molecule has 0 aliphatic heterocycles. The Morgan fingerprint density at radius 1 is 1.33 bits per heavy atom. The first-order chi connectivity index (χ1) is 11.0. The second-order valence-corrected chi connectivity index (χ2v) is 6.80. The second kappa shape index (κ2) is 7.63. The van der Waals surface area contributed by atoms with Gasteiger partial charge in [0.2, 0.25) is 0 Å². The lowest BCUT2D eigenvalue weighted by molar-refractivity contribution is -0.131. The summed E-state index contributed by atoms with van der Waals surface area (Å²) < 4.78 is 0. The van der Waals surface area contributed by atoms with Gasteiger partial charge in [-0.3, -0.25) is 4.79 Å². The van der Waals surface area contributed by atoms with Crippen LogP contribution in [-0.4, -0.2) is 27.6 Å². The number of carbonyl (C=O) groups is 2. The third kappa shape index (κ3) is 4.24. The van der Waals surface area contributed by atoms with E-state index >= 15 is 0 Å². The van der Waals surface area contributed by atoms with Gasteiger partial charge in [0.25, 0.3) is 0 Å². The molecule has 0 spiro atoms. The molecule has 0 saturated heterocycles. The van der Waals surface area contributed by atoms with Crippen LogP contribution in [-0.2, 0) is 9.59 Å². The molecule has 0 radical (unpaired) electrons. The van der Waals surface area contributed by atoms with E-state index in [4.69, 9.17) is 5.11 Å². The first kappa shape index (κ1) is 19.9. The maximum atomic E-state index is 12.4. The third-order valence-corrected chi connectivity index (χ3v) is 4.50. The van der Waals surface area contributed by atoms with Crippen molar-refractivity contribution in [3.8, 4) is 11.8 Å². The molecule has 130 valence electrons. The maximum Gasteiger partial charge on any atom is 0.328 e. The molecule has 24 heavy (non-hydrogen) atoms. The Balaban J connectivity index is 3.35. The Hall–Kier alpha value is -2.12. The van der Waals surface area contributed by atoms with Crippen molar-refractivity contribution in [2.24, 2.45) is 5.41 Å². The molecule has 1 aliphatic carbocycles. The summed E-state index contributed by atoms with van der Waals surface area (Å²) >= 11 is 0. The SMILES string of the molecule is CCC#CCC1=C(C)[C@](O)(/C=C/C(C)=C\C(=O)O)C(C)(C)CC1=O. The summed E-state index contributed by atoms with van der Waals surface area (Å²) in [6.07, 6.45) is 5.52. The number of Topliss-reactive ketones (excluding diaryl/α,β-unsaturated/α-hetero) is 1. The average Bonchev–Trinajstić information content (AvgIpc) is 2.46. The van der Waals surface area contributed by atoms with Crippen molar-refractivity contribution in [2.45, 2.75) is 59.5 Å². The fourth-order valence-electron chi connectivity index (χ4n) is 2.94. The molecular formula is C20H26O4. The monoisotopic (exact) mass is 330 g/mol. The summed E-state index contributed by atoms with van der Waals surface area (Å²) in [5.41, 5.74) is -0.340. The molecule has 0 aromatic carbocycles. The Kier molecular flexibility index (Phi) is 6.34. The van der Waals surface area contributed by atoms with E-state index in [1.165, 1.54) is 0 Å². The minimum Gasteiger partial charge on any atom is -0.478 e. The van der Waals surface area contributed by atoms with E-state index in [1.54, 1.807) is 26.0 Å². The minimum absolute atomic E-state index is 0.0128. The topological polar surface area (TPSA) is 74.6 Å². The van der Waals surface area contributed by atoms with Crippen LogP contribution in [0, 0.1) is 17.3 Å². The largest absolute Gasteiger partial charge is 0.478 e. The predicted molar refractivity (Wildman–Crippen MR) is 94.3 cm³/mol. The van der Waals surface area contributed by atoms with Crippen molar-refractivity contribution in [3.05, 3.63) is 34.9 Å². The molecule has 0 aromatic heterocycles. The van der Waals surface area contributed by atoms with Crippen LogP contribution in [0.3, 0.4) is 0 Å². The van der Waals surface area contributed by atoms with Gasteiger partial charge < -0.3 is 10.2 Å². The molecule has 2 N–H and O–H groups in total. The molecule has 0 heterocycles. The zero-order valence-electron chi connectivity index (χ0n) is 15.1. The fourth-order valence-corrected chi connectivity index (χ4v) is 2.94. The van der Waals surface area contributed by atoms with Gasteiger partial charge in [-0.2, -0.15) is 0 Å². The highest BCUT2D eigenvalue weighted by molar-refractivity contribution is 5.98. The minimum atomic E-state index is -1.32. The number of carboxylic acid groups (broad SMARTS) is 1. The number of ketones is 1. The zero-order valence-corrected chi connectivity index (χ0v) is 15.1. The van der Waals surface area contributed by atoms with E-state index in [9.17, 15) is 14.7 Å². The van der Waals surface area contributed by atoms with Gasteiger partial charge in [-0.05, 0) is 31.1 Å². The lowest BCUT2D eigenvalue weighted by atomic mass is 9.62. The van der Waals surface area contributed by atoms with Gasteiger partial charge in [0.15, 0.2) is 5.78 Å². The Morgan fingerprint density at radius 3 is 2.50 bits per heavy atom. The molecule has 0 bridgehead atoms. The van der Waals surface area contributed by atoms with Crippen molar-refractivity contribution < 1.29 is 19.8 Å². The lowest BCUT2D eigenvalue weighted by Crippen LogP contribution is -2.49. The predicted octanol–water partition coefficient (Wildman–Crippen LogP) is 3.42. The van der Waals surface area contributed by atoms with Gasteiger partial charge in [0.05, 0.1) is 0 Å². The number of aliphatic carboxylic acids is 1. The smallest absolute Gasteiger partial charge is 0.328 e. The number of carboxylic acids is 1. The summed E-state index contributed by atoms with van der Waals surface area (Å²) in [5, 5.41) is 20.1. The van der Waals surface area contributed by atoms with Crippen molar-refractivity contribution >= 4 is 11.8 Å². The van der Waals surface area contributed by atoms with Gasteiger partial charge in [-0.25, -0.2) is 4.79 Å². The van der Waals surface area contributed by atoms with Crippen LogP contribution in [0.1, 0.15) is 53.9 Å². The van der Waals surface area contributed by atoms with Crippen molar-refractivity contribution in [1.82, 2.24) is 0 Å². The van der Waals surface area contributed by atoms with Gasteiger partial charge in [-0.15, -0.1) is 5.92 Å². The van der Waals surface area contributed by atoms with E-state index < -0.39 is 17.0 Å². The molecule has 0 aromatic rings. The molecule has 1 aliphatic rings. The molecule has 1 atom stereocenters. The van der Waals surface area contributed by atoms with Crippen LogP contribution in [0.25, 0.3) is 0 Å². The van der Waals surface area contributed by atoms with E-state index in [-0.39, 0.29) is 12.2 Å². The first-order valence-corrected chi connectivity index (χ1v) is 8.07. The highest BCUT2D eigenvalue weighted by Gasteiger charge is 2.49. The van der Waals surface area contributed by atoms with Crippen LogP contribution < -0.4 is 0 Å². The Bertz CT molecular complexity index is 680. The Morgan fingerprint density at radius 2 is 1.96 bits per heavy atom. The van der Waals surface area contributed by atoms with Gasteiger partial charge in [0, 0.05) is 36.3 Å². The summed E-state index contributed by atoms with van der Waals surface area (Å²) in [7, 11) is 0. The number of rotatable bonds is 4. The van der Waals surface area contributed by atoms with Crippen LogP contribution in [0.5, 0.6) is 0 Å². The van der Waals surface area contributed by atoms with Crippen molar-refractivity contribution in [3.63, 3.8) is 0 Å². The number of carbonyl (C=O) groups excluding carboxylic acids is 1. The normalized spacial score (nSPS) is 24.1. The Labute approximate surface area is 144 Å². The van der Waals surface area contributed by atoms with E-state index in [0.29, 0.717) is 23.1 Å². The number of allylic oxidation sites excluding steroid dienone is 3. The first-order valence-electron chi connectivity index (χ1n) is 8.07. The fraction of sp³-hybridized carbons (Fsp3) is 0.500. The summed E-state index contributed by atoms with van der Waals surface area (Å²) in [6.45, 7) is 9.02. The standard InChI is InChI=1S/C20H26O4/c1-6-7-8-9-16-15(3)20(24,19(4,5)13-17(16)21)11-10-14(2)12-18(22)23/h10-12,24H,6,9,13H2,1-5H3,(H,22,23)/b11-10+,14-12-/t20-/m1/s1. The summed E-state index contributed by atoms with van der Waals surface area (Å²) in [6, 6.07) is 0. The van der Waals surface area contributed by atoms with Crippen LogP contribution in [0.4, 0.5) is 0 Å². The van der Waals surface area contributed by atoms with E-state index in [0.717, 1.165) is 12.5 Å². The zero-order chi connectivity index (χ0) is 18.5. The molecule has 0 amide bonds. The van der Waals surface area contributed by atoms with Gasteiger partial charge in [-0.1, -0.05) is 32.8 Å². The average molecular weight is 330 g/mol. The molecular weight excluding hydrogens is 304 g/mol. The summed E-state index contributed by atoms with van der Waals surface area (Å²) in [4.78, 5) is 23.2. The molecule has 0 unspecified atom stereocenters. The second-order valence-electron chi connectivity index (χ2n) is 6.80. The van der Waals surface area contributed by atoms with Gasteiger partial charge >= 0.3 is 5.97 Å². The maximum absolute atomic E-state index is 12.4. The number of hydrogen-bond acceptors (Lipinski definition) is 3. The van der Waals surface area contributed by atoms with Crippen LogP contribution in [0.2, 0.25) is 0 Å². The van der Waals surface area contributed by atoms with Crippen molar-refractivity contribution in [1.29, 1.82) is 0 Å². The van der Waals surface area contributed by atoms with E-state index in [2.05, 4.69) is 11.8 Å². The molecule has 1 rings (SSSR count). The molecule has 4 heteroatoms. The van der Waals surface area contributed by atoms with Gasteiger partial charge in [0.1, 0.15) is 5.60 Å². The number of hydrogen-bond donors (Lipinski definition) is 2. The molecule has 0 saturated carbocycles. The molecule has 4 nitrogen and oxygen atoms in total. The molecule has 0 fully saturated rings. The third-order valence-electron chi connectivity index (χ3n) is 4.50. The van der Waals surface area contributed by atoms with Crippen LogP contribution in [0.15, 0.2) is 34.9 Å². The lowest BCUT2D eigenvalue weighted by Gasteiger charge is -2.45. The number of aliphatic hydroxyl groups is 1. The highest BCUT2D eigenvalue weighted by Crippen LogP contribution is 2.47. The van der Waals surface area contributed by atoms with Crippen LogP contribution >= 0.6 is 0 Å².